The molecule has 0 bridgehead atoms. The van der Waals surface area contributed by atoms with Crippen molar-refractivity contribution in [2.45, 2.75) is 0 Å². The van der Waals surface area contributed by atoms with E-state index < -0.39 is 5.91 Å². The molecule has 154 valence electrons. The number of benzene rings is 3. The lowest BCUT2D eigenvalue weighted by Gasteiger charge is -2.11. The van der Waals surface area contributed by atoms with Crippen molar-refractivity contribution in [3.05, 3.63) is 95.2 Å². The molecule has 3 N–H and O–H groups in total. The van der Waals surface area contributed by atoms with Gasteiger partial charge < -0.3 is 15.1 Å². The molecule has 0 saturated carbocycles. The predicted octanol–water partition coefficient (Wildman–Crippen LogP) is 5.47. The summed E-state index contributed by atoms with van der Waals surface area (Å²) in [7, 11) is 0. The summed E-state index contributed by atoms with van der Waals surface area (Å²) in [6, 6.07) is 22.7. The third kappa shape index (κ3) is 4.91. The standard InChI is InChI=1S/C23H16ClN3O3S/c24-18-10-3-2-9-17(18)21(28)27-23(31)26-16-8-5-7-15(13-16)25-22(29)20-12-14-6-1-4-11-19(14)30-20/h1-13H,(H,25,29)(H2,26,27,28,31). The summed E-state index contributed by atoms with van der Waals surface area (Å²) in [5.41, 5.74) is 2.09. The number of para-hydroxylation sites is 1. The number of furan rings is 1. The maximum absolute atomic E-state index is 12.5. The van der Waals surface area contributed by atoms with Crippen molar-refractivity contribution in [1.82, 2.24) is 5.32 Å². The summed E-state index contributed by atoms with van der Waals surface area (Å²) in [6.07, 6.45) is 0. The van der Waals surface area contributed by atoms with E-state index in [-0.39, 0.29) is 16.8 Å². The van der Waals surface area contributed by atoms with Gasteiger partial charge in [0.05, 0.1) is 10.6 Å². The van der Waals surface area contributed by atoms with Crippen molar-refractivity contribution in [2.75, 3.05) is 10.6 Å². The summed E-state index contributed by atoms with van der Waals surface area (Å²) in [4.78, 5) is 24.8. The van der Waals surface area contributed by atoms with Crippen LogP contribution < -0.4 is 16.0 Å². The van der Waals surface area contributed by atoms with Crippen LogP contribution in [-0.2, 0) is 0 Å². The molecule has 0 saturated heterocycles. The highest BCUT2D eigenvalue weighted by Crippen LogP contribution is 2.21. The Morgan fingerprint density at radius 3 is 2.29 bits per heavy atom. The first kappa shape index (κ1) is 20.6. The molecule has 0 aliphatic carbocycles. The van der Waals surface area contributed by atoms with Crippen LogP contribution in [0.25, 0.3) is 11.0 Å². The van der Waals surface area contributed by atoms with Gasteiger partial charge in [-0.25, -0.2) is 0 Å². The van der Waals surface area contributed by atoms with Crippen LogP contribution >= 0.6 is 23.8 Å². The average Bonchev–Trinajstić information content (AvgIpc) is 3.18. The maximum atomic E-state index is 12.5. The maximum Gasteiger partial charge on any atom is 0.291 e. The Labute approximate surface area is 188 Å². The van der Waals surface area contributed by atoms with Crippen molar-refractivity contribution in [1.29, 1.82) is 0 Å². The highest BCUT2D eigenvalue weighted by Gasteiger charge is 2.14. The van der Waals surface area contributed by atoms with E-state index in [0.29, 0.717) is 27.5 Å². The second-order valence-electron chi connectivity index (χ2n) is 6.57. The van der Waals surface area contributed by atoms with Crippen molar-refractivity contribution < 1.29 is 14.0 Å². The summed E-state index contributed by atoms with van der Waals surface area (Å²) in [6.45, 7) is 0. The normalized spacial score (nSPS) is 10.5. The van der Waals surface area contributed by atoms with Gasteiger partial charge >= 0.3 is 0 Å². The Hall–Kier alpha value is -3.68. The zero-order chi connectivity index (χ0) is 21.8. The van der Waals surface area contributed by atoms with Crippen LogP contribution in [-0.4, -0.2) is 16.9 Å². The van der Waals surface area contributed by atoms with Crippen molar-refractivity contribution >= 4 is 63.1 Å². The zero-order valence-corrected chi connectivity index (χ0v) is 17.6. The number of hydrogen-bond acceptors (Lipinski definition) is 4. The fraction of sp³-hybridized carbons (Fsp3) is 0. The summed E-state index contributed by atoms with van der Waals surface area (Å²) >= 11 is 11.2. The molecular weight excluding hydrogens is 434 g/mol. The Morgan fingerprint density at radius 1 is 0.806 bits per heavy atom. The number of rotatable bonds is 4. The minimum Gasteiger partial charge on any atom is -0.451 e. The zero-order valence-electron chi connectivity index (χ0n) is 16.0. The molecule has 0 radical (unpaired) electrons. The highest BCUT2D eigenvalue weighted by molar-refractivity contribution is 7.80. The molecular formula is C23H16ClN3O3S. The van der Waals surface area contributed by atoms with E-state index in [0.717, 1.165) is 5.39 Å². The Balaban J connectivity index is 1.41. The van der Waals surface area contributed by atoms with E-state index >= 15 is 0 Å². The lowest BCUT2D eigenvalue weighted by atomic mass is 10.2. The van der Waals surface area contributed by atoms with Crippen molar-refractivity contribution in [3.63, 3.8) is 0 Å². The van der Waals surface area contributed by atoms with Gasteiger partial charge in [-0.1, -0.05) is 48.0 Å². The molecule has 6 nitrogen and oxygen atoms in total. The van der Waals surface area contributed by atoms with Gasteiger partial charge in [-0.2, -0.15) is 0 Å². The molecule has 31 heavy (non-hydrogen) atoms. The quantitative estimate of drug-likeness (QED) is 0.360. The second-order valence-corrected chi connectivity index (χ2v) is 7.39. The SMILES string of the molecule is O=C(Nc1cccc(NC(=S)NC(=O)c2ccccc2Cl)c1)c1cc2ccccc2o1. The molecule has 0 aliphatic heterocycles. The fourth-order valence-corrected chi connectivity index (χ4v) is 3.37. The van der Waals surface area contributed by atoms with Gasteiger partial charge in [0.25, 0.3) is 11.8 Å². The molecule has 0 unspecified atom stereocenters. The Kier molecular flexibility index (Phi) is 5.97. The van der Waals surface area contributed by atoms with Gasteiger partial charge in [-0.3, -0.25) is 14.9 Å². The molecule has 4 rings (SSSR count). The van der Waals surface area contributed by atoms with Crippen LogP contribution in [0.2, 0.25) is 5.02 Å². The number of nitrogens with one attached hydrogen (secondary N) is 3. The van der Waals surface area contributed by atoms with E-state index in [2.05, 4.69) is 16.0 Å². The van der Waals surface area contributed by atoms with Crippen molar-refractivity contribution in [2.24, 2.45) is 0 Å². The van der Waals surface area contributed by atoms with Gasteiger partial charge in [0.15, 0.2) is 10.9 Å². The van der Waals surface area contributed by atoms with Crippen LogP contribution in [0.4, 0.5) is 11.4 Å². The minimum absolute atomic E-state index is 0.102. The molecule has 1 aromatic heterocycles. The first-order chi connectivity index (χ1) is 15.0. The molecule has 2 amide bonds. The molecule has 8 heteroatoms. The largest absolute Gasteiger partial charge is 0.451 e. The van der Waals surface area contributed by atoms with E-state index in [4.69, 9.17) is 28.2 Å². The van der Waals surface area contributed by atoms with Gasteiger partial charge in [-0.15, -0.1) is 0 Å². The number of amides is 2. The van der Waals surface area contributed by atoms with Crippen LogP contribution in [0, 0.1) is 0 Å². The molecule has 0 fully saturated rings. The number of hydrogen-bond donors (Lipinski definition) is 3. The smallest absolute Gasteiger partial charge is 0.291 e. The van der Waals surface area contributed by atoms with Crippen LogP contribution in [0.5, 0.6) is 0 Å². The molecule has 4 aromatic rings. The third-order valence-electron chi connectivity index (χ3n) is 4.37. The Morgan fingerprint density at radius 2 is 1.52 bits per heavy atom. The number of anilines is 2. The minimum atomic E-state index is -0.419. The second kappa shape index (κ2) is 8.99. The molecule has 0 atom stereocenters. The average molecular weight is 450 g/mol. The van der Waals surface area contributed by atoms with Crippen LogP contribution in [0.1, 0.15) is 20.9 Å². The summed E-state index contributed by atoms with van der Waals surface area (Å²) in [5, 5.41) is 9.57. The molecule has 1 heterocycles. The lowest BCUT2D eigenvalue weighted by molar-refractivity contribution is 0.0975. The summed E-state index contributed by atoms with van der Waals surface area (Å²) in [5.74, 6) is -0.581. The number of halogens is 1. The van der Waals surface area contributed by atoms with Gasteiger partial charge in [0.1, 0.15) is 5.58 Å². The van der Waals surface area contributed by atoms with E-state index in [1.165, 1.54) is 0 Å². The predicted molar refractivity (Wildman–Crippen MR) is 126 cm³/mol. The van der Waals surface area contributed by atoms with E-state index in [1.54, 1.807) is 60.7 Å². The van der Waals surface area contributed by atoms with Crippen LogP contribution in [0.15, 0.2) is 83.3 Å². The highest BCUT2D eigenvalue weighted by atomic mass is 35.5. The molecule has 3 aromatic carbocycles. The van der Waals surface area contributed by atoms with Crippen LogP contribution in [0.3, 0.4) is 0 Å². The van der Waals surface area contributed by atoms with Gasteiger partial charge in [0.2, 0.25) is 0 Å². The summed E-state index contributed by atoms with van der Waals surface area (Å²) < 4.78 is 5.59. The number of carbonyl (C=O) groups is 2. The van der Waals surface area contributed by atoms with Gasteiger partial charge in [-0.05, 0) is 54.7 Å². The first-order valence-corrected chi connectivity index (χ1v) is 10.0. The number of fused-ring (bicyclic) bond motifs is 1. The van der Waals surface area contributed by atoms with E-state index in [1.807, 2.05) is 18.2 Å². The number of thiocarbonyl (C=S) groups is 1. The van der Waals surface area contributed by atoms with Gasteiger partial charge in [0, 0.05) is 16.8 Å². The Bertz CT molecular complexity index is 1270. The third-order valence-corrected chi connectivity index (χ3v) is 4.91. The van der Waals surface area contributed by atoms with E-state index in [9.17, 15) is 9.59 Å². The monoisotopic (exact) mass is 449 g/mol. The number of carbonyl (C=O) groups excluding carboxylic acids is 2. The molecule has 0 aliphatic rings. The topological polar surface area (TPSA) is 83.4 Å². The lowest BCUT2D eigenvalue weighted by Crippen LogP contribution is -2.34. The fourth-order valence-electron chi connectivity index (χ4n) is 2.94. The van der Waals surface area contributed by atoms with Crippen molar-refractivity contribution in [3.8, 4) is 0 Å². The molecule has 0 spiro atoms. The first-order valence-electron chi connectivity index (χ1n) is 9.26.